The van der Waals surface area contributed by atoms with Crippen molar-refractivity contribution < 1.29 is 14.0 Å². The van der Waals surface area contributed by atoms with E-state index in [1.165, 1.54) is 25.0 Å². The summed E-state index contributed by atoms with van der Waals surface area (Å²) in [7, 11) is 0. The van der Waals surface area contributed by atoms with Gasteiger partial charge in [-0.3, -0.25) is 9.59 Å². The molecule has 1 aliphatic rings. The van der Waals surface area contributed by atoms with Crippen LogP contribution in [0, 0.1) is 5.82 Å². The Hall–Kier alpha value is -2.89. The highest BCUT2D eigenvalue weighted by molar-refractivity contribution is 5.95. The summed E-state index contributed by atoms with van der Waals surface area (Å²) < 4.78 is 13.5. The number of para-hydroxylation sites is 1. The van der Waals surface area contributed by atoms with Gasteiger partial charge in [0, 0.05) is 24.3 Å². The van der Waals surface area contributed by atoms with Crippen molar-refractivity contribution in [3.05, 3.63) is 59.9 Å². The molecule has 0 radical (unpaired) electrons. The van der Waals surface area contributed by atoms with E-state index >= 15 is 0 Å². The van der Waals surface area contributed by atoms with Gasteiger partial charge in [-0.1, -0.05) is 25.0 Å². The van der Waals surface area contributed by atoms with Crippen molar-refractivity contribution >= 4 is 23.2 Å². The molecule has 6 heteroatoms. The lowest BCUT2D eigenvalue weighted by molar-refractivity contribution is -0.114. The van der Waals surface area contributed by atoms with Crippen molar-refractivity contribution in [2.75, 3.05) is 30.3 Å². The molecule has 1 heterocycles. The second-order valence-electron chi connectivity index (χ2n) is 6.67. The number of rotatable bonds is 5. The molecule has 3 rings (SSSR count). The van der Waals surface area contributed by atoms with Crippen LogP contribution in [0.4, 0.5) is 15.8 Å². The first-order valence-corrected chi connectivity index (χ1v) is 9.31. The minimum absolute atomic E-state index is 0.00769. The molecule has 1 fully saturated rings. The average molecular weight is 369 g/mol. The Bertz CT molecular complexity index is 784. The van der Waals surface area contributed by atoms with Crippen LogP contribution in [0.2, 0.25) is 0 Å². The van der Waals surface area contributed by atoms with Gasteiger partial charge < -0.3 is 15.5 Å². The maximum Gasteiger partial charge on any atom is 0.253 e. The number of hydrogen-bond acceptors (Lipinski definition) is 3. The van der Waals surface area contributed by atoms with Crippen LogP contribution >= 0.6 is 0 Å². The van der Waals surface area contributed by atoms with Crippen LogP contribution in [0.3, 0.4) is 0 Å². The van der Waals surface area contributed by atoms with E-state index in [-0.39, 0.29) is 24.0 Å². The van der Waals surface area contributed by atoms with Crippen molar-refractivity contribution in [2.24, 2.45) is 0 Å². The van der Waals surface area contributed by atoms with E-state index in [0.717, 1.165) is 31.6 Å². The van der Waals surface area contributed by atoms with Crippen LogP contribution in [0.15, 0.2) is 48.5 Å². The quantitative estimate of drug-likeness (QED) is 0.840. The molecule has 0 aromatic heterocycles. The number of anilines is 2. The number of nitrogens with zero attached hydrogens (tertiary/aromatic N) is 1. The molecule has 5 nitrogen and oxygen atoms in total. The summed E-state index contributed by atoms with van der Waals surface area (Å²) in [4.78, 5) is 26.4. The van der Waals surface area contributed by atoms with Crippen LogP contribution in [0.25, 0.3) is 0 Å². The van der Waals surface area contributed by atoms with Gasteiger partial charge in [0.05, 0.1) is 12.2 Å². The maximum atomic E-state index is 13.5. The summed E-state index contributed by atoms with van der Waals surface area (Å²) in [6.07, 6.45) is 4.48. The molecule has 2 amide bonds. The van der Waals surface area contributed by atoms with Crippen molar-refractivity contribution in [1.82, 2.24) is 4.90 Å². The minimum atomic E-state index is -0.470. The number of halogens is 1. The molecule has 142 valence electrons. The van der Waals surface area contributed by atoms with E-state index in [2.05, 4.69) is 10.6 Å². The average Bonchev–Trinajstić information content (AvgIpc) is 2.97. The number of carbonyl (C=O) groups is 2. The summed E-state index contributed by atoms with van der Waals surface area (Å²) >= 11 is 0. The molecule has 2 aromatic rings. The van der Waals surface area contributed by atoms with Gasteiger partial charge in [-0.05, 0) is 49.2 Å². The van der Waals surface area contributed by atoms with Gasteiger partial charge in [0.15, 0.2) is 0 Å². The Morgan fingerprint density at radius 1 is 0.926 bits per heavy atom. The molecular formula is C21H24FN3O2. The monoisotopic (exact) mass is 369 g/mol. The summed E-state index contributed by atoms with van der Waals surface area (Å²) in [5.41, 5.74) is 1.53. The van der Waals surface area contributed by atoms with Crippen LogP contribution in [0.5, 0.6) is 0 Å². The van der Waals surface area contributed by atoms with Gasteiger partial charge in [-0.25, -0.2) is 4.39 Å². The van der Waals surface area contributed by atoms with Gasteiger partial charge in [-0.15, -0.1) is 0 Å². The topological polar surface area (TPSA) is 61.4 Å². The SMILES string of the molecule is O=C(CNc1ccc(C(=O)N2CCCCCC2)cc1)Nc1ccccc1F. The Kier molecular flexibility index (Phi) is 6.41. The first kappa shape index (κ1) is 18.9. The lowest BCUT2D eigenvalue weighted by Crippen LogP contribution is -2.31. The summed E-state index contributed by atoms with van der Waals surface area (Å²) in [5.74, 6) is -0.757. The zero-order valence-electron chi connectivity index (χ0n) is 15.2. The zero-order valence-corrected chi connectivity index (χ0v) is 15.2. The third-order valence-corrected chi connectivity index (χ3v) is 4.63. The summed E-state index contributed by atoms with van der Waals surface area (Å²) in [6.45, 7) is 1.64. The lowest BCUT2D eigenvalue weighted by atomic mass is 10.1. The van der Waals surface area contributed by atoms with Gasteiger partial charge in [0.25, 0.3) is 5.91 Å². The molecule has 2 aromatic carbocycles. The van der Waals surface area contributed by atoms with E-state index in [4.69, 9.17) is 0 Å². The van der Waals surface area contributed by atoms with E-state index < -0.39 is 5.82 Å². The molecule has 2 N–H and O–H groups in total. The number of carbonyl (C=O) groups excluding carboxylic acids is 2. The zero-order chi connectivity index (χ0) is 19.1. The fourth-order valence-corrected chi connectivity index (χ4v) is 3.13. The Balaban J connectivity index is 1.52. The third kappa shape index (κ3) is 5.29. The van der Waals surface area contributed by atoms with Gasteiger partial charge >= 0.3 is 0 Å². The van der Waals surface area contributed by atoms with Crippen molar-refractivity contribution in [1.29, 1.82) is 0 Å². The smallest absolute Gasteiger partial charge is 0.253 e. The van der Waals surface area contributed by atoms with Gasteiger partial charge in [0.2, 0.25) is 5.91 Å². The summed E-state index contributed by atoms with van der Waals surface area (Å²) in [6, 6.07) is 13.1. The molecule has 27 heavy (non-hydrogen) atoms. The highest BCUT2D eigenvalue weighted by Gasteiger charge is 2.17. The molecule has 1 saturated heterocycles. The molecule has 0 aliphatic carbocycles. The highest BCUT2D eigenvalue weighted by Crippen LogP contribution is 2.16. The summed E-state index contributed by atoms with van der Waals surface area (Å²) in [5, 5.41) is 5.50. The maximum absolute atomic E-state index is 13.5. The number of benzene rings is 2. The fraction of sp³-hybridized carbons (Fsp3) is 0.333. The fourth-order valence-electron chi connectivity index (χ4n) is 3.13. The van der Waals surface area contributed by atoms with Gasteiger partial charge in [0.1, 0.15) is 5.82 Å². The molecule has 0 bridgehead atoms. The second-order valence-corrected chi connectivity index (χ2v) is 6.67. The predicted octanol–water partition coefficient (Wildman–Crippen LogP) is 3.89. The predicted molar refractivity (Wildman–Crippen MR) is 104 cm³/mol. The first-order valence-electron chi connectivity index (χ1n) is 9.31. The van der Waals surface area contributed by atoms with E-state index in [9.17, 15) is 14.0 Å². The highest BCUT2D eigenvalue weighted by atomic mass is 19.1. The number of amides is 2. The molecule has 0 saturated carbocycles. The number of hydrogen-bond donors (Lipinski definition) is 2. The van der Waals surface area contributed by atoms with E-state index in [1.807, 2.05) is 4.90 Å². The lowest BCUT2D eigenvalue weighted by Gasteiger charge is -2.20. The first-order chi connectivity index (χ1) is 13.1. The normalized spacial score (nSPS) is 14.3. The molecule has 0 spiro atoms. The van der Waals surface area contributed by atoms with Crippen LogP contribution in [-0.2, 0) is 4.79 Å². The Labute approximate surface area is 158 Å². The number of nitrogens with one attached hydrogen (secondary N) is 2. The largest absolute Gasteiger partial charge is 0.376 e. The molecule has 1 aliphatic heterocycles. The van der Waals surface area contributed by atoms with Crippen LogP contribution in [-0.4, -0.2) is 36.3 Å². The van der Waals surface area contributed by atoms with Crippen molar-refractivity contribution in [2.45, 2.75) is 25.7 Å². The third-order valence-electron chi connectivity index (χ3n) is 4.63. The van der Waals surface area contributed by atoms with Crippen molar-refractivity contribution in [3.63, 3.8) is 0 Å². The van der Waals surface area contributed by atoms with Crippen molar-refractivity contribution in [3.8, 4) is 0 Å². The molecule has 0 atom stereocenters. The standard InChI is InChI=1S/C21H24FN3O2/c22-18-7-3-4-8-19(18)24-20(26)15-23-17-11-9-16(10-12-17)21(27)25-13-5-1-2-6-14-25/h3-4,7-12,23H,1-2,5-6,13-15H2,(H,24,26). The van der Waals surface area contributed by atoms with Crippen LogP contribution < -0.4 is 10.6 Å². The van der Waals surface area contributed by atoms with E-state index in [1.54, 1.807) is 36.4 Å². The molecular weight excluding hydrogens is 345 g/mol. The molecule has 0 unspecified atom stereocenters. The van der Waals surface area contributed by atoms with Crippen LogP contribution in [0.1, 0.15) is 36.0 Å². The Morgan fingerprint density at radius 3 is 2.26 bits per heavy atom. The minimum Gasteiger partial charge on any atom is -0.376 e. The Morgan fingerprint density at radius 2 is 1.59 bits per heavy atom. The number of likely N-dealkylation sites (tertiary alicyclic amines) is 1. The van der Waals surface area contributed by atoms with Gasteiger partial charge in [-0.2, -0.15) is 0 Å². The second kappa shape index (κ2) is 9.16. The van der Waals surface area contributed by atoms with E-state index in [0.29, 0.717) is 5.56 Å².